The SMILES string of the molecule is O=C(O)c1c2c(nc3ccc(Cl)cc13)-c1c(nc3ccc(Cl)cc3c1C(=O)O)CC2. The number of aryl methyl sites for hydroxylation is 1. The summed E-state index contributed by atoms with van der Waals surface area (Å²) in [6.45, 7) is 0. The third-order valence-corrected chi connectivity index (χ3v) is 5.82. The molecule has 4 aromatic rings. The molecule has 0 aliphatic heterocycles. The van der Waals surface area contributed by atoms with E-state index in [1.54, 1.807) is 36.4 Å². The second-order valence-electron chi connectivity index (χ2n) is 7.06. The molecule has 0 saturated carbocycles. The van der Waals surface area contributed by atoms with Crippen LogP contribution in [0.25, 0.3) is 33.1 Å². The van der Waals surface area contributed by atoms with Gasteiger partial charge >= 0.3 is 11.9 Å². The summed E-state index contributed by atoms with van der Waals surface area (Å²) in [5, 5.41) is 21.6. The van der Waals surface area contributed by atoms with Gasteiger partial charge in [0.05, 0.1) is 33.5 Å². The van der Waals surface area contributed by atoms with Gasteiger partial charge in [-0.1, -0.05) is 23.2 Å². The van der Waals surface area contributed by atoms with Gasteiger partial charge in [-0.2, -0.15) is 0 Å². The van der Waals surface area contributed by atoms with Crippen LogP contribution in [0.4, 0.5) is 0 Å². The van der Waals surface area contributed by atoms with E-state index in [2.05, 4.69) is 9.97 Å². The Morgan fingerprint density at radius 2 is 1.37 bits per heavy atom. The van der Waals surface area contributed by atoms with Crippen molar-refractivity contribution in [1.82, 2.24) is 9.97 Å². The van der Waals surface area contributed by atoms with E-state index in [-0.39, 0.29) is 11.1 Å². The molecule has 30 heavy (non-hydrogen) atoms. The molecule has 5 rings (SSSR count). The summed E-state index contributed by atoms with van der Waals surface area (Å²) < 4.78 is 0. The second-order valence-corrected chi connectivity index (χ2v) is 7.93. The summed E-state index contributed by atoms with van der Waals surface area (Å²) in [6, 6.07) is 9.71. The number of hydrogen-bond donors (Lipinski definition) is 2. The quantitative estimate of drug-likeness (QED) is 0.443. The Labute approximate surface area is 179 Å². The lowest BCUT2D eigenvalue weighted by Crippen LogP contribution is -2.17. The van der Waals surface area contributed by atoms with Crippen LogP contribution in [-0.2, 0) is 12.8 Å². The molecule has 2 N–H and O–H groups in total. The predicted octanol–water partition coefficient (Wildman–Crippen LogP) is 5.25. The normalized spacial score (nSPS) is 12.6. The van der Waals surface area contributed by atoms with Crippen molar-refractivity contribution in [2.75, 3.05) is 0 Å². The lowest BCUT2D eigenvalue weighted by atomic mass is 9.84. The number of hydrogen-bond acceptors (Lipinski definition) is 4. The van der Waals surface area contributed by atoms with Crippen molar-refractivity contribution in [2.45, 2.75) is 12.8 Å². The van der Waals surface area contributed by atoms with Crippen LogP contribution in [0.1, 0.15) is 32.0 Å². The molecule has 0 spiro atoms. The number of rotatable bonds is 2. The molecule has 0 fully saturated rings. The molecule has 148 valence electrons. The van der Waals surface area contributed by atoms with Crippen molar-refractivity contribution in [3.05, 3.63) is 68.8 Å². The van der Waals surface area contributed by atoms with Crippen LogP contribution in [0.5, 0.6) is 0 Å². The molecule has 1 aliphatic carbocycles. The number of carboxylic acid groups (broad SMARTS) is 2. The van der Waals surface area contributed by atoms with Gasteiger partial charge in [0.25, 0.3) is 0 Å². The molecule has 0 atom stereocenters. The Morgan fingerprint density at radius 1 is 0.800 bits per heavy atom. The highest BCUT2D eigenvalue weighted by Gasteiger charge is 2.31. The third kappa shape index (κ3) is 2.72. The highest BCUT2D eigenvalue weighted by molar-refractivity contribution is 6.32. The fourth-order valence-electron chi connectivity index (χ4n) is 4.16. The van der Waals surface area contributed by atoms with Gasteiger partial charge in [-0.25, -0.2) is 14.6 Å². The highest BCUT2D eigenvalue weighted by atomic mass is 35.5. The van der Waals surface area contributed by atoms with Crippen LogP contribution in [0, 0.1) is 0 Å². The van der Waals surface area contributed by atoms with Crippen molar-refractivity contribution in [2.24, 2.45) is 0 Å². The van der Waals surface area contributed by atoms with Crippen LogP contribution in [0.15, 0.2) is 36.4 Å². The fraction of sp³-hybridized carbons (Fsp3) is 0.0909. The van der Waals surface area contributed by atoms with Gasteiger partial charge in [0.1, 0.15) is 0 Å². The summed E-state index contributed by atoms with van der Waals surface area (Å²) in [7, 11) is 0. The second kappa shape index (κ2) is 6.65. The van der Waals surface area contributed by atoms with E-state index >= 15 is 0 Å². The zero-order valence-corrected chi connectivity index (χ0v) is 16.8. The lowest BCUT2D eigenvalue weighted by Gasteiger charge is -2.23. The standard InChI is InChI=1S/C22H12Cl2N2O4/c23-9-2-5-15-12(7-9)17(21(27)28)11-3-6-16-19(20(11)26-15)18(22(29)30)13-8-10(24)1-4-14(13)25-16/h1-2,4-5,7-8H,3,6H2,(H,27,28)(H,29,30). The molecule has 2 aromatic heterocycles. The van der Waals surface area contributed by atoms with Crippen molar-refractivity contribution in [1.29, 1.82) is 0 Å². The molecule has 0 unspecified atom stereocenters. The predicted molar refractivity (Wildman–Crippen MR) is 114 cm³/mol. The first kappa shape index (κ1) is 18.8. The summed E-state index contributed by atoms with van der Waals surface area (Å²) in [5.41, 5.74) is 2.78. The van der Waals surface area contributed by atoms with Crippen molar-refractivity contribution >= 4 is 56.9 Å². The van der Waals surface area contributed by atoms with E-state index in [4.69, 9.17) is 23.2 Å². The number of aromatic nitrogens is 2. The molecule has 2 aromatic carbocycles. The first-order chi connectivity index (χ1) is 14.3. The van der Waals surface area contributed by atoms with Gasteiger partial charge in [0.15, 0.2) is 0 Å². The summed E-state index contributed by atoms with van der Waals surface area (Å²) in [5.74, 6) is -2.26. The Balaban J connectivity index is 1.97. The van der Waals surface area contributed by atoms with Crippen LogP contribution >= 0.6 is 23.2 Å². The molecular weight excluding hydrogens is 427 g/mol. The zero-order valence-electron chi connectivity index (χ0n) is 15.2. The van der Waals surface area contributed by atoms with Crippen LogP contribution < -0.4 is 0 Å². The summed E-state index contributed by atoms with van der Waals surface area (Å²) in [6.07, 6.45) is 0.778. The zero-order chi connectivity index (χ0) is 21.2. The number of carbonyl (C=O) groups is 2. The summed E-state index contributed by atoms with van der Waals surface area (Å²) >= 11 is 12.2. The molecule has 0 amide bonds. The van der Waals surface area contributed by atoms with E-state index < -0.39 is 11.9 Å². The maximum absolute atomic E-state index is 12.3. The van der Waals surface area contributed by atoms with Gasteiger partial charge in [-0.3, -0.25) is 4.98 Å². The van der Waals surface area contributed by atoms with E-state index in [1.165, 1.54) is 0 Å². The first-order valence-corrected chi connectivity index (χ1v) is 9.82. The molecule has 0 bridgehead atoms. The minimum absolute atomic E-state index is 0.0237. The van der Waals surface area contributed by atoms with Crippen LogP contribution in [0.3, 0.4) is 0 Å². The molecular formula is C22H12Cl2N2O4. The largest absolute Gasteiger partial charge is 0.478 e. The van der Waals surface area contributed by atoms with E-state index in [1.807, 2.05) is 0 Å². The van der Waals surface area contributed by atoms with Gasteiger partial charge in [0.2, 0.25) is 0 Å². The molecule has 0 saturated heterocycles. The van der Waals surface area contributed by atoms with Gasteiger partial charge in [0, 0.05) is 26.4 Å². The van der Waals surface area contributed by atoms with Crippen molar-refractivity contribution < 1.29 is 19.8 Å². The van der Waals surface area contributed by atoms with Crippen LogP contribution in [-0.4, -0.2) is 32.1 Å². The molecule has 0 radical (unpaired) electrons. The number of aromatic carboxylic acids is 2. The van der Waals surface area contributed by atoms with Gasteiger partial charge in [-0.15, -0.1) is 0 Å². The Kier molecular flexibility index (Phi) is 4.17. The average Bonchev–Trinajstić information content (AvgIpc) is 2.69. The fourth-order valence-corrected chi connectivity index (χ4v) is 4.50. The maximum Gasteiger partial charge on any atom is 0.337 e. The number of nitrogens with zero attached hydrogens (tertiary/aromatic N) is 2. The third-order valence-electron chi connectivity index (χ3n) is 5.35. The highest BCUT2D eigenvalue weighted by Crippen LogP contribution is 2.41. The van der Waals surface area contributed by atoms with E-state index in [0.717, 1.165) is 0 Å². The molecule has 6 nitrogen and oxygen atoms in total. The van der Waals surface area contributed by atoms with Crippen molar-refractivity contribution in [3.8, 4) is 11.3 Å². The Morgan fingerprint density at radius 3 is 1.97 bits per heavy atom. The molecule has 8 heteroatoms. The molecule has 2 heterocycles. The first-order valence-electron chi connectivity index (χ1n) is 9.06. The minimum Gasteiger partial charge on any atom is -0.478 e. The van der Waals surface area contributed by atoms with E-state index in [0.29, 0.717) is 67.2 Å². The van der Waals surface area contributed by atoms with Crippen LogP contribution in [0.2, 0.25) is 10.0 Å². The Hall–Kier alpha value is -3.22. The monoisotopic (exact) mass is 438 g/mol. The average molecular weight is 439 g/mol. The number of benzene rings is 2. The summed E-state index contributed by atoms with van der Waals surface area (Å²) in [4.78, 5) is 33.8. The van der Waals surface area contributed by atoms with Gasteiger partial charge in [-0.05, 0) is 54.8 Å². The lowest BCUT2D eigenvalue weighted by molar-refractivity contribution is 0.0688. The molecule has 1 aliphatic rings. The number of fused-ring (bicyclic) bond motifs is 5. The number of carboxylic acids is 2. The smallest absolute Gasteiger partial charge is 0.337 e. The minimum atomic E-state index is -1.15. The number of pyridine rings is 2. The van der Waals surface area contributed by atoms with E-state index in [9.17, 15) is 19.8 Å². The topological polar surface area (TPSA) is 100 Å². The van der Waals surface area contributed by atoms with Gasteiger partial charge < -0.3 is 10.2 Å². The van der Waals surface area contributed by atoms with Crippen molar-refractivity contribution in [3.63, 3.8) is 0 Å². The Bertz CT molecular complexity index is 1430. The number of halogens is 2. The maximum atomic E-state index is 12.3.